The molecule has 3 aromatic rings. The van der Waals surface area contributed by atoms with E-state index in [0.717, 1.165) is 21.8 Å². The van der Waals surface area contributed by atoms with Crippen molar-refractivity contribution in [2.45, 2.75) is 13.0 Å². The first-order valence-electron chi connectivity index (χ1n) is 7.60. The average molecular weight is 357 g/mol. The molecular weight excluding hydrogens is 340 g/mol. The minimum atomic E-state index is 0.0416. The first kappa shape index (κ1) is 16.7. The van der Waals surface area contributed by atoms with Crippen molar-refractivity contribution in [3.05, 3.63) is 76.3 Å². The highest BCUT2D eigenvalue weighted by molar-refractivity contribution is 7.13. The molecule has 0 aliphatic carbocycles. The normalized spacial score (nSPS) is 10.6. The van der Waals surface area contributed by atoms with Crippen molar-refractivity contribution >= 4 is 28.8 Å². The zero-order chi connectivity index (χ0) is 16.9. The highest BCUT2D eigenvalue weighted by Crippen LogP contribution is 2.23. The molecule has 0 unspecified atom stereocenters. The Kier molecular flexibility index (Phi) is 5.28. The topological polar surface area (TPSA) is 33.2 Å². The standard InChI is InChI=1S/C19H17ClN2OS/c1-22(12-14-6-5-9-16(20)10-14)18(23)11-17-13-24-19(21-17)15-7-3-2-4-8-15/h2-10,13H,11-12H2,1H3. The molecule has 0 fully saturated rings. The summed E-state index contributed by atoms with van der Waals surface area (Å²) < 4.78 is 0. The molecule has 24 heavy (non-hydrogen) atoms. The molecule has 5 heteroatoms. The van der Waals surface area contributed by atoms with Gasteiger partial charge in [0.15, 0.2) is 0 Å². The van der Waals surface area contributed by atoms with E-state index in [-0.39, 0.29) is 5.91 Å². The summed E-state index contributed by atoms with van der Waals surface area (Å²) in [5, 5.41) is 3.57. The Morgan fingerprint density at radius 2 is 1.96 bits per heavy atom. The number of thiazole rings is 1. The van der Waals surface area contributed by atoms with Crippen molar-refractivity contribution in [3.8, 4) is 10.6 Å². The van der Waals surface area contributed by atoms with Crippen LogP contribution in [-0.4, -0.2) is 22.8 Å². The number of nitrogens with zero attached hydrogens (tertiary/aromatic N) is 2. The molecule has 3 nitrogen and oxygen atoms in total. The third kappa shape index (κ3) is 4.22. The van der Waals surface area contributed by atoms with Gasteiger partial charge in [-0.25, -0.2) is 4.98 Å². The molecule has 1 amide bonds. The summed E-state index contributed by atoms with van der Waals surface area (Å²) in [6.45, 7) is 0.537. The third-order valence-corrected chi connectivity index (χ3v) is 4.81. The number of halogens is 1. The predicted molar refractivity (Wildman–Crippen MR) is 99.2 cm³/mol. The van der Waals surface area contributed by atoms with E-state index in [4.69, 9.17) is 11.6 Å². The van der Waals surface area contributed by atoms with E-state index in [1.165, 1.54) is 0 Å². The molecule has 0 N–H and O–H groups in total. The Morgan fingerprint density at radius 1 is 1.17 bits per heavy atom. The van der Waals surface area contributed by atoms with Crippen LogP contribution < -0.4 is 0 Å². The average Bonchev–Trinajstić information content (AvgIpc) is 3.04. The van der Waals surface area contributed by atoms with Gasteiger partial charge in [0.05, 0.1) is 12.1 Å². The predicted octanol–water partition coefficient (Wildman–Crippen LogP) is 4.66. The zero-order valence-corrected chi connectivity index (χ0v) is 14.8. The fourth-order valence-electron chi connectivity index (χ4n) is 2.39. The number of hydrogen-bond acceptors (Lipinski definition) is 3. The number of carbonyl (C=O) groups is 1. The fourth-order valence-corrected chi connectivity index (χ4v) is 3.43. The molecule has 122 valence electrons. The molecule has 0 aliphatic heterocycles. The van der Waals surface area contributed by atoms with Crippen molar-refractivity contribution in [2.75, 3.05) is 7.05 Å². The Morgan fingerprint density at radius 3 is 2.71 bits per heavy atom. The Labute approximate surface area is 150 Å². The minimum absolute atomic E-state index is 0.0416. The lowest BCUT2D eigenvalue weighted by molar-refractivity contribution is -0.129. The second-order valence-corrected chi connectivity index (χ2v) is 6.86. The van der Waals surface area contributed by atoms with Gasteiger partial charge in [0.1, 0.15) is 5.01 Å². The maximum atomic E-state index is 12.4. The number of benzene rings is 2. The van der Waals surface area contributed by atoms with Gasteiger partial charge in [-0.2, -0.15) is 0 Å². The van der Waals surface area contributed by atoms with Crippen molar-refractivity contribution in [1.82, 2.24) is 9.88 Å². The maximum Gasteiger partial charge on any atom is 0.228 e. The smallest absolute Gasteiger partial charge is 0.228 e. The van der Waals surface area contributed by atoms with Crippen LogP contribution in [0.4, 0.5) is 0 Å². The number of hydrogen-bond donors (Lipinski definition) is 0. The molecule has 2 aromatic carbocycles. The monoisotopic (exact) mass is 356 g/mol. The lowest BCUT2D eigenvalue weighted by Crippen LogP contribution is -2.27. The van der Waals surface area contributed by atoms with Gasteiger partial charge >= 0.3 is 0 Å². The fraction of sp³-hybridized carbons (Fsp3) is 0.158. The summed E-state index contributed by atoms with van der Waals surface area (Å²) in [7, 11) is 1.80. The van der Waals surface area contributed by atoms with Crippen molar-refractivity contribution < 1.29 is 4.79 Å². The van der Waals surface area contributed by atoms with Gasteiger partial charge in [0.2, 0.25) is 5.91 Å². The van der Waals surface area contributed by atoms with Gasteiger partial charge in [-0.05, 0) is 17.7 Å². The second kappa shape index (κ2) is 7.60. The van der Waals surface area contributed by atoms with Gasteiger partial charge in [0, 0.05) is 29.6 Å². The lowest BCUT2D eigenvalue weighted by Gasteiger charge is -2.16. The largest absolute Gasteiger partial charge is 0.341 e. The summed E-state index contributed by atoms with van der Waals surface area (Å²) >= 11 is 7.55. The van der Waals surface area contributed by atoms with Gasteiger partial charge in [-0.3, -0.25) is 4.79 Å². The molecule has 1 heterocycles. The lowest BCUT2D eigenvalue weighted by atomic mass is 10.2. The van der Waals surface area contributed by atoms with Crippen LogP contribution in [0.25, 0.3) is 10.6 Å². The molecule has 0 aliphatic rings. The summed E-state index contributed by atoms with van der Waals surface area (Å²) in [6.07, 6.45) is 0.306. The Hall–Kier alpha value is -2.17. The highest BCUT2D eigenvalue weighted by atomic mass is 35.5. The van der Waals surface area contributed by atoms with Crippen molar-refractivity contribution in [2.24, 2.45) is 0 Å². The highest BCUT2D eigenvalue weighted by Gasteiger charge is 2.13. The van der Waals surface area contributed by atoms with Crippen LogP contribution in [0.2, 0.25) is 5.02 Å². The van der Waals surface area contributed by atoms with Gasteiger partial charge in [0.25, 0.3) is 0 Å². The number of rotatable bonds is 5. The first-order valence-corrected chi connectivity index (χ1v) is 8.86. The molecule has 0 bridgehead atoms. The van der Waals surface area contributed by atoms with Crippen LogP contribution in [-0.2, 0) is 17.8 Å². The first-order chi connectivity index (χ1) is 11.6. The van der Waals surface area contributed by atoms with Crippen LogP contribution in [0.5, 0.6) is 0 Å². The minimum Gasteiger partial charge on any atom is -0.341 e. The summed E-state index contributed by atoms with van der Waals surface area (Å²) in [6, 6.07) is 17.6. The van der Waals surface area contributed by atoms with Crippen LogP contribution in [0.15, 0.2) is 60.0 Å². The molecule has 3 rings (SSSR count). The number of carbonyl (C=O) groups excluding carboxylic acids is 1. The number of likely N-dealkylation sites (N-methyl/N-ethyl adjacent to an activating group) is 1. The molecule has 0 saturated carbocycles. The van der Waals surface area contributed by atoms with E-state index >= 15 is 0 Å². The summed E-state index contributed by atoms with van der Waals surface area (Å²) in [5.74, 6) is 0.0416. The maximum absolute atomic E-state index is 12.4. The van der Waals surface area contributed by atoms with Crippen molar-refractivity contribution in [1.29, 1.82) is 0 Å². The van der Waals surface area contributed by atoms with E-state index in [0.29, 0.717) is 18.0 Å². The Bertz CT molecular complexity index is 832. The molecule has 0 radical (unpaired) electrons. The summed E-state index contributed by atoms with van der Waals surface area (Å²) in [4.78, 5) is 18.7. The number of aromatic nitrogens is 1. The van der Waals surface area contributed by atoms with E-state index in [9.17, 15) is 4.79 Å². The van der Waals surface area contributed by atoms with E-state index in [2.05, 4.69) is 4.98 Å². The summed E-state index contributed by atoms with van der Waals surface area (Å²) in [5.41, 5.74) is 2.90. The van der Waals surface area contributed by atoms with E-state index in [1.54, 1.807) is 23.3 Å². The van der Waals surface area contributed by atoms with Crippen LogP contribution >= 0.6 is 22.9 Å². The van der Waals surface area contributed by atoms with Crippen LogP contribution in [0.1, 0.15) is 11.3 Å². The molecular formula is C19H17ClN2OS. The number of amides is 1. The Balaban J connectivity index is 1.63. The van der Waals surface area contributed by atoms with Crippen LogP contribution in [0, 0.1) is 0 Å². The molecule has 0 atom stereocenters. The zero-order valence-electron chi connectivity index (χ0n) is 13.3. The molecule has 1 aromatic heterocycles. The quantitative estimate of drug-likeness (QED) is 0.665. The van der Waals surface area contributed by atoms with Crippen LogP contribution in [0.3, 0.4) is 0 Å². The second-order valence-electron chi connectivity index (χ2n) is 5.57. The van der Waals surface area contributed by atoms with Gasteiger partial charge in [-0.1, -0.05) is 54.1 Å². The SMILES string of the molecule is CN(Cc1cccc(Cl)c1)C(=O)Cc1csc(-c2ccccc2)n1. The van der Waals surface area contributed by atoms with Gasteiger partial charge in [-0.15, -0.1) is 11.3 Å². The van der Waals surface area contributed by atoms with E-state index in [1.807, 2.05) is 60.0 Å². The van der Waals surface area contributed by atoms with E-state index < -0.39 is 0 Å². The third-order valence-electron chi connectivity index (χ3n) is 3.64. The molecule has 0 saturated heterocycles. The van der Waals surface area contributed by atoms with Gasteiger partial charge < -0.3 is 4.90 Å². The van der Waals surface area contributed by atoms with Crippen molar-refractivity contribution in [3.63, 3.8) is 0 Å². The molecule has 0 spiro atoms.